The third-order valence-electron chi connectivity index (χ3n) is 3.02. The van der Waals surface area contributed by atoms with Gasteiger partial charge in [-0.25, -0.2) is 9.13 Å². The van der Waals surface area contributed by atoms with Crippen molar-refractivity contribution in [1.29, 1.82) is 0 Å². The van der Waals surface area contributed by atoms with E-state index in [0.29, 0.717) is 26.4 Å². The number of carbonyl (C=O) groups excluding carboxylic acids is 2. The van der Waals surface area contributed by atoms with Crippen molar-refractivity contribution in [3.05, 3.63) is 18.7 Å². The molecule has 0 aromatic carbocycles. The van der Waals surface area contributed by atoms with Crippen LogP contribution >= 0.6 is 0 Å². The number of aryl methyl sites for hydroxylation is 2. The van der Waals surface area contributed by atoms with Crippen molar-refractivity contribution in [3.63, 3.8) is 0 Å². The fraction of sp³-hybridized carbons (Fsp3) is 0.722. The number of imidazole rings is 1. The monoisotopic (exact) mass is 377 g/mol. The Morgan fingerprint density at radius 2 is 1.38 bits per heavy atom. The van der Waals surface area contributed by atoms with Crippen molar-refractivity contribution in [2.24, 2.45) is 0 Å². The normalized spacial score (nSPS) is 9.31. The van der Waals surface area contributed by atoms with Crippen LogP contribution in [0.2, 0.25) is 0 Å². The van der Waals surface area contributed by atoms with E-state index in [2.05, 4.69) is 27.9 Å². The molecule has 0 unspecified atom stereocenters. The van der Waals surface area contributed by atoms with Gasteiger partial charge in [-0.15, -0.1) is 0 Å². The van der Waals surface area contributed by atoms with Crippen LogP contribution in [0.3, 0.4) is 0 Å². The highest BCUT2D eigenvalue weighted by atomic mass is 16.5. The smallest absolute Gasteiger partial charge is 0.243 e. The molecule has 0 bridgehead atoms. The van der Waals surface area contributed by atoms with E-state index in [1.54, 1.807) is 14.2 Å². The van der Waals surface area contributed by atoms with Crippen LogP contribution in [0.4, 0.5) is 0 Å². The Labute approximate surface area is 158 Å². The van der Waals surface area contributed by atoms with Gasteiger partial charge in [0.15, 0.2) is 0 Å². The van der Waals surface area contributed by atoms with Crippen molar-refractivity contribution in [2.75, 3.05) is 53.9 Å². The van der Waals surface area contributed by atoms with E-state index in [0.717, 1.165) is 39.1 Å². The predicted molar refractivity (Wildman–Crippen MR) is 100 cm³/mol. The van der Waals surface area contributed by atoms with Crippen LogP contribution in [0.1, 0.15) is 20.3 Å². The van der Waals surface area contributed by atoms with Gasteiger partial charge in [-0.05, 0) is 0 Å². The van der Waals surface area contributed by atoms with Crippen LogP contribution in [0.5, 0.6) is 0 Å². The maximum absolute atomic E-state index is 8.00. The number of hydrogen-bond acceptors (Lipinski definition) is 6. The minimum Gasteiger partial charge on any atom is -0.382 e. The lowest BCUT2D eigenvalue weighted by atomic mass is 10.4. The molecule has 1 aromatic rings. The van der Waals surface area contributed by atoms with Gasteiger partial charge in [0.05, 0.1) is 52.7 Å². The van der Waals surface area contributed by atoms with Gasteiger partial charge in [0.2, 0.25) is 6.33 Å². The second kappa shape index (κ2) is 25.6. The van der Waals surface area contributed by atoms with Gasteiger partial charge < -0.3 is 28.5 Å². The van der Waals surface area contributed by atoms with Crippen LogP contribution < -0.4 is 4.57 Å². The highest BCUT2D eigenvalue weighted by Crippen LogP contribution is 1.92. The standard InChI is InChI=1S/C15H29N2O4.2CH2O.CH4/c1-18-11-13-20-9-3-5-16-7-8-17(15-16)6-4-10-21-14-12-19-2;2*1-2;/h7-8,15H,3-6,9-14H2,1-2H3;2*1H2;1H4/q+1;;;. The molecule has 0 aliphatic carbocycles. The first-order valence-electron chi connectivity index (χ1n) is 8.12. The Hall–Kier alpha value is -1.61. The summed E-state index contributed by atoms with van der Waals surface area (Å²) in [6.45, 7) is 10.2. The SMILES string of the molecule is C.C=O.C=O.COCCOCCCn1cc[n+](CCCOCCOC)c1. The summed E-state index contributed by atoms with van der Waals surface area (Å²) in [5.74, 6) is 0. The van der Waals surface area contributed by atoms with E-state index < -0.39 is 0 Å². The summed E-state index contributed by atoms with van der Waals surface area (Å²) in [4.78, 5) is 16.0. The first kappa shape index (κ1) is 29.2. The molecular weight excluding hydrogens is 340 g/mol. The minimum atomic E-state index is 0. The molecule has 154 valence electrons. The molecular formula is C18H37N2O6+. The summed E-state index contributed by atoms with van der Waals surface area (Å²) in [6.07, 6.45) is 8.35. The molecule has 0 saturated carbocycles. The second-order valence-electron chi connectivity index (χ2n) is 4.81. The molecule has 0 amide bonds. The topological polar surface area (TPSA) is 79.9 Å². The van der Waals surface area contributed by atoms with Crippen LogP contribution in [0.25, 0.3) is 0 Å². The molecule has 0 aliphatic rings. The Balaban J connectivity index is -0.000000985. The van der Waals surface area contributed by atoms with Gasteiger partial charge in [0.25, 0.3) is 0 Å². The zero-order chi connectivity index (χ0) is 19.2. The Morgan fingerprint density at radius 3 is 1.92 bits per heavy atom. The minimum absolute atomic E-state index is 0. The molecule has 0 spiro atoms. The average Bonchev–Trinajstić information content (AvgIpc) is 3.12. The molecule has 1 rings (SSSR count). The Kier molecular flexibility index (Phi) is 28.7. The number of methoxy groups -OCH3 is 2. The van der Waals surface area contributed by atoms with E-state index in [-0.39, 0.29) is 7.43 Å². The summed E-state index contributed by atoms with van der Waals surface area (Å²) in [5, 5.41) is 0. The number of nitrogens with zero attached hydrogens (tertiary/aromatic N) is 2. The lowest BCUT2D eigenvalue weighted by Crippen LogP contribution is -2.31. The van der Waals surface area contributed by atoms with E-state index in [4.69, 9.17) is 28.5 Å². The third kappa shape index (κ3) is 18.7. The van der Waals surface area contributed by atoms with Gasteiger partial charge in [0, 0.05) is 27.1 Å². The van der Waals surface area contributed by atoms with E-state index >= 15 is 0 Å². The van der Waals surface area contributed by atoms with Crippen LogP contribution in [0.15, 0.2) is 18.7 Å². The number of rotatable bonds is 14. The molecule has 0 atom stereocenters. The van der Waals surface area contributed by atoms with Crippen molar-refractivity contribution >= 4 is 13.6 Å². The van der Waals surface area contributed by atoms with Gasteiger partial charge >= 0.3 is 0 Å². The maximum Gasteiger partial charge on any atom is 0.243 e. The maximum atomic E-state index is 8.00. The van der Waals surface area contributed by atoms with Crippen LogP contribution in [-0.4, -0.2) is 72.0 Å². The quantitative estimate of drug-likeness (QED) is 0.357. The second-order valence-corrected chi connectivity index (χ2v) is 4.81. The lowest BCUT2D eigenvalue weighted by Gasteiger charge is -2.02. The largest absolute Gasteiger partial charge is 0.382 e. The van der Waals surface area contributed by atoms with Crippen molar-refractivity contribution in [1.82, 2.24) is 4.57 Å². The summed E-state index contributed by atoms with van der Waals surface area (Å²) in [6, 6.07) is 0. The molecule has 1 aromatic heterocycles. The van der Waals surface area contributed by atoms with Crippen molar-refractivity contribution in [3.8, 4) is 0 Å². The summed E-state index contributed by atoms with van der Waals surface area (Å²) in [5.41, 5.74) is 0. The zero-order valence-corrected chi connectivity index (χ0v) is 15.6. The summed E-state index contributed by atoms with van der Waals surface area (Å²) >= 11 is 0. The molecule has 8 heteroatoms. The van der Waals surface area contributed by atoms with Crippen molar-refractivity contribution in [2.45, 2.75) is 33.4 Å². The first-order chi connectivity index (χ1) is 12.4. The highest BCUT2D eigenvalue weighted by Gasteiger charge is 2.03. The van der Waals surface area contributed by atoms with Gasteiger partial charge in [0.1, 0.15) is 26.0 Å². The molecule has 0 radical (unpaired) electrons. The molecule has 0 N–H and O–H groups in total. The fourth-order valence-corrected chi connectivity index (χ4v) is 1.89. The first-order valence-corrected chi connectivity index (χ1v) is 8.12. The van der Waals surface area contributed by atoms with Gasteiger partial charge in [-0.3, -0.25) is 0 Å². The van der Waals surface area contributed by atoms with Gasteiger partial charge in [-0.2, -0.15) is 0 Å². The number of aromatic nitrogens is 2. The summed E-state index contributed by atoms with van der Waals surface area (Å²) < 4.78 is 25.1. The van der Waals surface area contributed by atoms with E-state index in [9.17, 15) is 0 Å². The summed E-state index contributed by atoms with van der Waals surface area (Å²) in [7, 11) is 3.37. The molecule has 1 heterocycles. The average molecular weight is 378 g/mol. The van der Waals surface area contributed by atoms with Gasteiger partial charge in [-0.1, -0.05) is 7.43 Å². The van der Waals surface area contributed by atoms with E-state index in [1.807, 2.05) is 13.6 Å². The molecule has 0 aliphatic heterocycles. The molecule has 8 nitrogen and oxygen atoms in total. The molecule has 0 fully saturated rings. The number of hydrogen-bond donors (Lipinski definition) is 0. The predicted octanol–water partition coefficient (Wildman–Crippen LogP) is 1.15. The van der Waals surface area contributed by atoms with Crippen molar-refractivity contribution < 1.29 is 33.1 Å². The Bertz CT molecular complexity index is 344. The van der Waals surface area contributed by atoms with E-state index in [1.165, 1.54) is 0 Å². The molecule has 0 saturated heterocycles. The Morgan fingerprint density at radius 1 is 0.846 bits per heavy atom. The zero-order valence-electron chi connectivity index (χ0n) is 15.6. The van der Waals surface area contributed by atoms with Crippen LogP contribution in [0, 0.1) is 0 Å². The number of carbonyl (C=O) groups is 2. The third-order valence-corrected chi connectivity index (χ3v) is 3.02. The van der Waals surface area contributed by atoms with Crippen LogP contribution in [-0.2, 0) is 41.6 Å². The highest BCUT2D eigenvalue weighted by molar-refractivity contribution is 5.11. The lowest BCUT2D eigenvalue weighted by molar-refractivity contribution is -0.697. The number of ether oxygens (including phenoxy) is 4. The fourth-order valence-electron chi connectivity index (χ4n) is 1.89. The molecule has 26 heavy (non-hydrogen) atoms.